The highest BCUT2D eigenvalue weighted by atomic mass is 19.1. The van der Waals surface area contributed by atoms with Gasteiger partial charge in [0.25, 0.3) is 5.91 Å². The first-order chi connectivity index (χ1) is 19.9. The number of pyridine rings is 2. The minimum Gasteiger partial charge on any atom is -0.476 e. The number of unbranched alkanes of at least 4 members (excludes halogenated alkanes) is 2. The van der Waals surface area contributed by atoms with Gasteiger partial charge in [-0.3, -0.25) is 4.79 Å². The average molecular weight is 585 g/mol. The molecule has 3 heterocycles. The summed E-state index contributed by atoms with van der Waals surface area (Å²) in [4.78, 5) is 33.5. The number of ether oxygens (including phenoxy) is 2. The lowest BCUT2D eigenvalue weighted by molar-refractivity contribution is 0.0502. The fraction of sp³-hybridized carbons (Fsp3) is 0.483. The highest BCUT2D eigenvalue weighted by Crippen LogP contribution is 2.28. The second kappa shape index (κ2) is 14.5. The number of aromatic nitrogens is 4. The minimum absolute atomic E-state index is 0.0313. The molecule has 0 radical (unpaired) electrons. The van der Waals surface area contributed by atoms with Crippen LogP contribution in [0.15, 0.2) is 36.8 Å². The zero-order chi connectivity index (χ0) is 30.9. The average Bonchev–Trinajstić information content (AvgIpc) is 3.44. The van der Waals surface area contributed by atoms with Crippen molar-refractivity contribution in [3.63, 3.8) is 0 Å². The monoisotopic (exact) mass is 584 g/mol. The van der Waals surface area contributed by atoms with Gasteiger partial charge in [0.1, 0.15) is 17.1 Å². The van der Waals surface area contributed by atoms with E-state index in [2.05, 4.69) is 37.9 Å². The van der Waals surface area contributed by atoms with Gasteiger partial charge in [-0.2, -0.15) is 5.10 Å². The van der Waals surface area contributed by atoms with Crippen LogP contribution < -0.4 is 26.4 Å². The summed E-state index contributed by atoms with van der Waals surface area (Å²) in [6, 6.07) is 3.68. The molecule has 3 aromatic rings. The van der Waals surface area contributed by atoms with Crippen molar-refractivity contribution in [3.8, 4) is 11.6 Å². The molecule has 3 rings (SSSR count). The second-order valence-corrected chi connectivity index (χ2v) is 10.8. The lowest BCUT2D eigenvalue weighted by atomic mass is 10.0. The van der Waals surface area contributed by atoms with Crippen molar-refractivity contribution in [2.45, 2.75) is 84.9 Å². The minimum atomic E-state index is -0.860. The lowest BCUT2D eigenvalue weighted by Gasteiger charge is -2.28. The van der Waals surface area contributed by atoms with Crippen LogP contribution in [0, 0.1) is 5.82 Å². The molecule has 0 aliphatic heterocycles. The predicted octanol–water partition coefficient (Wildman–Crippen LogP) is 5.32. The van der Waals surface area contributed by atoms with Crippen molar-refractivity contribution in [3.05, 3.63) is 48.2 Å². The standard InChI is InChI=1S/C29H41FN8O4/c1-7-9-10-12-22(18(3)34-28(40)42-29(4,5)6)36-26-21(30)16-20(24(31)39)25(37-26)35-19-15-23(38-14-11-13-33-38)27(32-17-19)41-8-2/h11,13-18,22H,7-10,12H2,1-6H3,(H2,31,39)(H,34,40)(H2,35,36,37)/t18-,22+/m0/s1. The van der Waals surface area contributed by atoms with Crippen LogP contribution in [-0.2, 0) is 4.74 Å². The molecule has 3 aromatic heterocycles. The van der Waals surface area contributed by atoms with Crippen molar-refractivity contribution in [2.75, 3.05) is 17.2 Å². The zero-order valence-electron chi connectivity index (χ0n) is 25.0. The fourth-order valence-electron chi connectivity index (χ4n) is 4.17. The molecule has 0 saturated heterocycles. The number of nitrogens with zero attached hydrogens (tertiary/aromatic N) is 4. The summed E-state index contributed by atoms with van der Waals surface area (Å²) in [5.74, 6) is -1.34. The molecular formula is C29H41FN8O4. The summed E-state index contributed by atoms with van der Waals surface area (Å²) < 4.78 is 27.9. The van der Waals surface area contributed by atoms with Gasteiger partial charge in [-0.05, 0) is 59.2 Å². The van der Waals surface area contributed by atoms with E-state index in [-0.39, 0.29) is 17.2 Å². The third-order valence-electron chi connectivity index (χ3n) is 6.16. The van der Waals surface area contributed by atoms with E-state index in [9.17, 15) is 9.59 Å². The summed E-state index contributed by atoms with van der Waals surface area (Å²) in [7, 11) is 0. The van der Waals surface area contributed by atoms with Gasteiger partial charge >= 0.3 is 6.09 Å². The highest BCUT2D eigenvalue weighted by molar-refractivity contribution is 5.98. The number of primary amides is 1. The molecule has 2 amide bonds. The highest BCUT2D eigenvalue weighted by Gasteiger charge is 2.25. The first-order valence-electron chi connectivity index (χ1n) is 14.1. The molecule has 13 heteroatoms. The summed E-state index contributed by atoms with van der Waals surface area (Å²) in [6.45, 7) is 11.5. The predicted molar refractivity (Wildman–Crippen MR) is 159 cm³/mol. The Kier molecular flexibility index (Phi) is 11.1. The van der Waals surface area contributed by atoms with Gasteiger partial charge < -0.3 is 31.2 Å². The Morgan fingerprint density at radius 3 is 2.55 bits per heavy atom. The van der Waals surface area contributed by atoms with Crippen LogP contribution in [0.3, 0.4) is 0 Å². The number of anilines is 3. The number of halogens is 1. The molecule has 0 aliphatic carbocycles. The van der Waals surface area contributed by atoms with E-state index in [4.69, 9.17) is 15.2 Å². The first-order valence-corrected chi connectivity index (χ1v) is 14.1. The van der Waals surface area contributed by atoms with Gasteiger partial charge in [-0.25, -0.2) is 23.8 Å². The molecule has 0 spiro atoms. The van der Waals surface area contributed by atoms with Gasteiger partial charge in [0.15, 0.2) is 11.6 Å². The van der Waals surface area contributed by atoms with E-state index in [0.29, 0.717) is 30.3 Å². The maximum absolute atomic E-state index is 15.3. The van der Waals surface area contributed by atoms with E-state index in [1.165, 1.54) is 6.20 Å². The number of hydrogen-bond donors (Lipinski definition) is 4. The smallest absolute Gasteiger partial charge is 0.407 e. The lowest BCUT2D eigenvalue weighted by Crippen LogP contribution is -2.46. The third-order valence-corrected chi connectivity index (χ3v) is 6.16. The Hall–Kier alpha value is -4.42. The number of carbonyl (C=O) groups excluding carboxylic acids is 2. The number of amides is 2. The van der Waals surface area contributed by atoms with Crippen molar-refractivity contribution in [1.29, 1.82) is 0 Å². The van der Waals surface area contributed by atoms with Crippen LogP contribution in [0.5, 0.6) is 5.88 Å². The van der Waals surface area contributed by atoms with Crippen molar-refractivity contribution in [2.24, 2.45) is 5.73 Å². The SMILES string of the molecule is CCCCC[C@@H](Nc1nc(Nc2cnc(OCC)c(-n3cccn3)c2)c(C(N)=O)cc1F)[C@H](C)NC(=O)OC(C)(C)C. The molecule has 0 saturated carbocycles. The maximum Gasteiger partial charge on any atom is 0.407 e. The van der Waals surface area contributed by atoms with Crippen LogP contribution >= 0.6 is 0 Å². The molecule has 5 N–H and O–H groups in total. The fourth-order valence-corrected chi connectivity index (χ4v) is 4.17. The van der Waals surface area contributed by atoms with Crippen LogP contribution in [-0.4, -0.2) is 56.0 Å². The van der Waals surface area contributed by atoms with Crippen LogP contribution in [0.2, 0.25) is 0 Å². The summed E-state index contributed by atoms with van der Waals surface area (Å²) in [5, 5.41) is 13.2. The quantitative estimate of drug-likeness (QED) is 0.184. The molecular weight excluding hydrogens is 543 g/mol. The number of nitrogens with one attached hydrogen (secondary N) is 3. The van der Waals surface area contributed by atoms with E-state index < -0.39 is 35.5 Å². The molecule has 2 atom stereocenters. The summed E-state index contributed by atoms with van der Waals surface area (Å²) in [6.07, 6.45) is 7.71. The largest absolute Gasteiger partial charge is 0.476 e. The van der Waals surface area contributed by atoms with Gasteiger partial charge in [0.05, 0.1) is 24.1 Å². The van der Waals surface area contributed by atoms with Gasteiger partial charge in [-0.15, -0.1) is 0 Å². The van der Waals surface area contributed by atoms with Gasteiger partial charge in [0, 0.05) is 24.5 Å². The molecule has 0 aromatic carbocycles. The topological polar surface area (TPSA) is 158 Å². The van der Waals surface area contributed by atoms with Crippen LogP contribution in [0.1, 0.15) is 77.6 Å². The van der Waals surface area contributed by atoms with E-state index >= 15 is 4.39 Å². The molecule has 0 unspecified atom stereocenters. The summed E-state index contributed by atoms with van der Waals surface area (Å²) >= 11 is 0. The number of nitrogens with two attached hydrogens (primary N) is 1. The van der Waals surface area contributed by atoms with Crippen LogP contribution in [0.4, 0.5) is 26.5 Å². The molecule has 0 fully saturated rings. The molecule has 0 bridgehead atoms. The number of alkyl carbamates (subject to hydrolysis) is 1. The van der Waals surface area contributed by atoms with Crippen LogP contribution in [0.25, 0.3) is 5.69 Å². The van der Waals surface area contributed by atoms with Crippen molar-refractivity contribution in [1.82, 2.24) is 25.1 Å². The number of hydrogen-bond acceptors (Lipinski definition) is 9. The molecule has 42 heavy (non-hydrogen) atoms. The zero-order valence-corrected chi connectivity index (χ0v) is 25.0. The maximum atomic E-state index is 15.3. The summed E-state index contributed by atoms with van der Waals surface area (Å²) in [5.41, 5.74) is 5.76. The normalized spacial score (nSPS) is 12.7. The van der Waals surface area contributed by atoms with Gasteiger partial charge in [0.2, 0.25) is 5.88 Å². The van der Waals surface area contributed by atoms with E-state index in [0.717, 1.165) is 25.3 Å². The van der Waals surface area contributed by atoms with Crippen molar-refractivity contribution >= 4 is 29.3 Å². The van der Waals surface area contributed by atoms with E-state index in [1.807, 2.05) is 13.8 Å². The third kappa shape index (κ3) is 9.05. The molecule has 0 aliphatic rings. The molecule has 228 valence electrons. The number of carbonyl (C=O) groups is 2. The number of rotatable bonds is 14. The van der Waals surface area contributed by atoms with E-state index in [1.54, 1.807) is 50.0 Å². The Morgan fingerprint density at radius 1 is 1.17 bits per heavy atom. The Balaban J connectivity index is 1.93. The Labute approximate surface area is 245 Å². The van der Waals surface area contributed by atoms with Crippen molar-refractivity contribution < 1.29 is 23.5 Å². The molecule has 12 nitrogen and oxygen atoms in total. The van der Waals surface area contributed by atoms with Gasteiger partial charge in [-0.1, -0.05) is 26.2 Å². The second-order valence-electron chi connectivity index (χ2n) is 10.8. The first kappa shape index (κ1) is 32.1. The Morgan fingerprint density at radius 2 is 1.93 bits per heavy atom. The Bertz CT molecular complexity index is 1340.